The summed E-state index contributed by atoms with van der Waals surface area (Å²) in [6.45, 7) is 6.41. The number of thioether (sulfide) groups is 1. The fourth-order valence-electron chi connectivity index (χ4n) is 3.48. The zero-order valence-corrected chi connectivity index (χ0v) is 19.7. The van der Waals surface area contributed by atoms with Gasteiger partial charge in [-0.15, -0.1) is 0 Å². The molecule has 1 saturated heterocycles. The highest BCUT2D eigenvalue weighted by Gasteiger charge is 2.39. The van der Waals surface area contributed by atoms with Crippen LogP contribution in [0.1, 0.15) is 33.6 Å². The van der Waals surface area contributed by atoms with E-state index in [1.807, 2.05) is 0 Å². The normalized spacial score (nSPS) is 20.7. The molecule has 1 aromatic carbocycles. The molecule has 3 rings (SSSR count). The molecule has 2 heterocycles. The number of halogens is 1. The van der Waals surface area contributed by atoms with Crippen molar-refractivity contribution in [1.82, 2.24) is 14.9 Å². The van der Waals surface area contributed by atoms with Gasteiger partial charge >= 0.3 is 0 Å². The lowest BCUT2D eigenvalue weighted by atomic mass is 10.0. The molecule has 164 valence electrons. The summed E-state index contributed by atoms with van der Waals surface area (Å²) in [6, 6.07) is 4.97. The van der Waals surface area contributed by atoms with Crippen molar-refractivity contribution in [3.05, 3.63) is 33.6 Å². The summed E-state index contributed by atoms with van der Waals surface area (Å²) < 4.78 is 25.1. The van der Waals surface area contributed by atoms with E-state index < -0.39 is 15.4 Å². The van der Waals surface area contributed by atoms with Gasteiger partial charge in [0.2, 0.25) is 5.91 Å². The van der Waals surface area contributed by atoms with Gasteiger partial charge in [-0.3, -0.25) is 14.2 Å². The molecule has 7 nitrogen and oxygen atoms in total. The monoisotopic (exact) mass is 471 g/mol. The Bertz CT molecular complexity index is 1130. The van der Waals surface area contributed by atoms with Gasteiger partial charge in [0.25, 0.3) is 5.56 Å². The minimum atomic E-state index is -3.11. The maximum atomic E-state index is 13.0. The van der Waals surface area contributed by atoms with E-state index in [1.165, 1.54) is 11.8 Å². The van der Waals surface area contributed by atoms with E-state index in [0.29, 0.717) is 40.0 Å². The third-order valence-corrected chi connectivity index (χ3v) is 8.20. The van der Waals surface area contributed by atoms with Crippen LogP contribution in [0.3, 0.4) is 0 Å². The summed E-state index contributed by atoms with van der Waals surface area (Å²) in [5.74, 6) is 0.190. The highest BCUT2D eigenvalue weighted by atomic mass is 35.5. The molecule has 0 bridgehead atoms. The van der Waals surface area contributed by atoms with Gasteiger partial charge in [0.05, 0.1) is 33.7 Å². The first-order valence-electron chi connectivity index (χ1n) is 9.82. The van der Waals surface area contributed by atoms with Crippen LogP contribution in [0, 0.1) is 5.92 Å². The lowest BCUT2D eigenvalue weighted by Crippen LogP contribution is -2.47. The van der Waals surface area contributed by atoms with Crippen molar-refractivity contribution in [3.8, 4) is 0 Å². The SMILES string of the molecule is CC(C)CCn1c(SCC(=O)NC2(C)CCS(=O)(=O)C2)nc2cc(Cl)ccc2c1=O. The molecule has 1 atom stereocenters. The summed E-state index contributed by atoms with van der Waals surface area (Å²) in [4.78, 5) is 30.1. The first kappa shape index (κ1) is 23.1. The lowest BCUT2D eigenvalue weighted by Gasteiger charge is -2.23. The number of carbonyl (C=O) groups is 1. The fraction of sp³-hybridized carbons (Fsp3) is 0.550. The number of sulfone groups is 1. The van der Waals surface area contributed by atoms with Crippen LogP contribution in [0.15, 0.2) is 28.2 Å². The largest absolute Gasteiger partial charge is 0.349 e. The second kappa shape index (κ2) is 8.88. The molecular formula is C20H26ClN3O4S2. The lowest BCUT2D eigenvalue weighted by molar-refractivity contribution is -0.120. The number of benzene rings is 1. The average Bonchev–Trinajstić information content (AvgIpc) is 2.91. The highest BCUT2D eigenvalue weighted by Crippen LogP contribution is 2.24. The van der Waals surface area contributed by atoms with Crippen LogP contribution < -0.4 is 10.9 Å². The Hall–Kier alpha value is -1.58. The van der Waals surface area contributed by atoms with E-state index in [-0.39, 0.29) is 28.7 Å². The Balaban J connectivity index is 1.82. The molecule has 1 amide bonds. The molecular weight excluding hydrogens is 446 g/mol. The van der Waals surface area contributed by atoms with Crippen molar-refractivity contribution in [2.24, 2.45) is 5.92 Å². The number of nitrogens with zero attached hydrogens (tertiary/aromatic N) is 2. The molecule has 1 aliphatic heterocycles. The number of rotatable bonds is 7. The molecule has 0 spiro atoms. The van der Waals surface area contributed by atoms with Crippen molar-refractivity contribution in [2.45, 2.75) is 50.9 Å². The maximum absolute atomic E-state index is 13.0. The molecule has 30 heavy (non-hydrogen) atoms. The Morgan fingerprint density at radius 2 is 2.13 bits per heavy atom. The van der Waals surface area contributed by atoms with Gasteiger partial charge in [0.1, 0.15) is 0 Å². The first-order valence-corrected chi connectivity index (χ1v) is 13.0. The standard InChI is InChI=1S/C20H26ClN3O4S2/c1-13(2)6-8-24-18(26)15-5-4-14(21)10-16(15)22-19(24)29-11-17(25)23-20(3)7-9-30(27,28)12-20/h4-5,10,13H,6-9,11-12H2,1-3H3,(H,23,25). The summed E-state index contributed by atoms with van der Waals surface area (Å²) in [7, 11) is -3.11. The van der Waals surface area contributed by atoms with Gasteiger partial charge in [-0.2, -0.15) is 0 Å². The second-order valence-electron chi connectivity index (χ2n) is 8.43. The predicted molar refractivity (Wildman–Crippen MR) is 121 cm³/mol. The van der Waals surface area contributed by atoms with Crippen molar-refractivity contribution >= 4 is 50.0 Å². The highest BCUT2D eigenvalue weighted by molar-refractivity contribution is 7.99. The number of hydrogen-bond donors (Lipinski definition) is 1. The van der Waals surface area contributed by atoms with E-state index in [0.717, 1.165) is 6.42 Å². The number of fused-ring (bicyclic) bond motifs is 1. The molecule has 0 saturated carbocycles. The van der Waals surface area contributed by atoms with E-state index in [1.54, 1.807) is 29.7 Å². The van der Waals surface area contributed by atoms with E-state index in [4.69, 9.17) is 11.6 Å². The molecule has 0 radical (unpaired) electrons. The van der Waals surface area contributed by atoms with Crippen molar-refractivity contribution < 1.29 is 13.2 Å². The van der Waals surface area contributed by atoms with Crippen LogP contribution in [0.5, 0.6) is 0 Å². The Kier molecular flexibility index (Phi) is 6.84. The Morgan fingerprint density at radius 1 is 1.40 bits per heavy atom. The maximum Gasteiger partial charge on any atom is 0.262 e. The number of amides is 1. The summed E-state index contributed by atoms with van der Waals surface area (Å²) in [5, 5.41) is 4.26. The third-order valence-electron chi connectivity index (χ3n) is 5.09. The molecule has 2 aromatic rings. The molecule has 1 N–H and O–H groups in total. The Labute approximate surface area is 185 Å². The summed E-state index contributed by atoms with van der Waals surface area (Å²) in [5.41, 5.74) is -0.419. The molecule has 10 heteroatoms. The van der Waals surface area contributed by atoms with Gasteiger partial charge in [-0.1, -0.05) is 37.2 Å². The molecule has 0 aliphatic carbocycles. The third kappa shape index (κ3) is 5.56. The summed E-state index contributed by atoms with van der Waals surface area (Å²) in [6.07, 6.45) is 1.20. The molecule has 1 unspecified atom stereocenters. The molecule has 1 fully saturated rings. The van der Waals surface area contributed by atoms with Crippen LogP contribution >= 0.6 is 23.4 Å². The van der Waals surface area contributed by atoms with Gasteiger partial charge in [0.15, 0.2) is 15.0 Å². The van der Waals surface area contributed by atoms with Crippen LogP contribution in [0.4, 0.5) is 0 Å². The van der Waals surface area contributed by atoms with Gasteiger partial charge in [-0.05, 0) is 43.9 Å². The Morgan fingerprint density at radius 3 is 2.77 bits per heavy atom. The zero-order chi connectivity index (χ0) is 22.1. The minimum absolute atomic E-state index is 0.0375. The van der Waals surface area contributed by atoms with E-state index >= 15 is 0 Å². The number of carbonyl (C=O) groups excluding carboxylic acids is 1. The van der Waals surface area contributed by atoms with Crippen LogP contribution in [-0.4, -0.2) is 46.7 Å². The quantitative estimate of drug-likeness (QED) is 0.492. The van der Waals surface area contributed by atoms with Crippen molar-refractivity contribution in [3.63, 3.8) is 0 Å². The van der Waals surface area contributed by atoms with Crippen molar-refractivity contribution in [1.29, 1.82) is 0 Å². The van der Waals surface area contributed by atoms with Gasteiger partial charge in [0, 0.05) is 11.6 Å². The number of nitrogens with one attached hydrogen (secondary N) is 1. The fourth-order valence-corrected chi connectivity index (χ4v) is 6.57. The van der Waals surface area contributed by atoms with Crippen LogP contribution in [-0.2, 0) is 21.2 Å². The number of hydrogen-bond acceptors (Lipinski definition) is 6. The smallest absolute Gasteiger partial charge is 0.262 e. The second-order valence-corrected chi connectivity index (χ2v) is 12.0. The molecule has 1 aliphatic rings. The van der Waals surface area contributed by atoms with E-state index in [2.05, 4.69) is 24.1 Å². The predicted octanol–water partition coefficient (Wildman–Crippen LogP) is 2.88. The van der Waals surface area contributed by atoms with Gasteiger partial charge < -0.3 is 5.32 Å². The topological polar surface area (TPSA) is 98.1 Å². The van der Waals surface area contributed by atoms with Gasteiger partial charge in [-0.25, -0.2) is 13.4 Å². The van der Waals surface area contributed by atoms with Crippen LogP contribution in [0.25, 0.3) is 10.9 Å². The average molecular weight is 472 g/mol. The summed E-state index contributed by atoms with van der Waals surface area (Å²) >= 11 is 7.23. The number of aromatic nitrogens is 2. The van der Waals surface area contributed by atoms with Crippen molar-refractivity contribution in [2.75, 3.05) is 17.3 Å². The van der Waals surface area contributed by atoms with Crippen LogP contribution in [0.2, 0.25) is 5.02 Å². The first-order chi connectivity index (χ1) is 14.0. The molecule has 1 aromatic heterocycles. The van der Waals surface area contributed by atoms with E-state index in [9.17, 15) is 18.0 Å². The minimum Gasteiger partial charge on any atom is -0.349 e. The zero-order valence-electron chi connectivity index (χ0n) is 17.3.